The third-order valence-corrected chi connectivity index (χ3v) is 4.86. The highest BCUT2D eigenvalue weighted by Gasteiger charge is 2.33. The highest BCUT2D eigenvalue weighted by molar-refractivity contribution is 5.94. The molecule has 1 aliphatic rings. The number of hydrogen-bond donors (Lipinski definition) is 1. The lowest BCUT2D eigenvalue weighted by molar-refractivity contribution is -0.121. The Kier molecular flexibility index (Phi) is 5.52. The number of carbonyl (C=O) groups excluding carboxylic acids is 1. The monoisotopic (exact) mass is 360 g/mol. The zero-order valence-corrected chi connectivity index (χ0v) is 14.8. The summed E-state index contributed by atoms with van der Waals surface area (Å²) < 4.78 is 31.6. The molecule has 1 fully saturated rings. The van der Waals surface area contributed by atoms with Gasteiger partial charge in [0.25, 0.3) is 0 Å². The fraction of sp³-hybridized carbons (Fsp3) is 0.350. The average molecular weight is 360 g/mol. The molecule has 138 valence electrons. The van der Waals surface area contributed by atoms with Gasteiger partial charge in [-0.25, -0.2) is 8.78 Å². The highest BCUT2D eigenvalue weighted by Crippen LogP contribution is 2.34. The first-order valence-electron chi connectivity index (χ1n) is 8.65. The molecule has 2 aromatic carbocycles. The molecule has 0 aliphatic carbocycles. The van der Waals surface area contributed by atoms with E-state index in [2.05, 4.69) is 10.2 Å². The van der Waals surface area contributed by atoms with Crippen molar-refractivity contribution in [2.75, 3.05) is 19.0 Å². The predicted molar refractivity (Wildman–Crippen MR) is 96.1 cm³/mol. The molecule has 0 radical (unpaired) electrons. The molecule has 0 bridgehead atoms. The van der Waals surface area contributed by atoms with Crippen LogP contribution in [-0.2, 0) is 4.79 Å². The van der Waals surface area contributed by atoms with Gasteiger partial charge in [0.2, 0.25) is 5.91 Å². The van der Waals surface area contributed by atoms with Crippen LogP contribution in [0.15, 0.2) is 42.5 Å². The number of hydrogen-bond acceptors (Lipinski definition) is 3. The van der Waals surface area contributed by atoms with E-state index in [4.69, 9.17) is 4.74 Å². The smallest absolute Gasteiger partial charge is 0.241 e. The van der Waals surface area contributed by atoms with Crippen LogP contribution in [0.1, 0.15) is 31.4 Å². The van der Waals surface area contributed by atoms with Gasteiger partial charge in [0.05, 0.1) is 13.2 Å². The Bertz CT molecular complexity index is 780. The average Bonchev–Trinajstić information content (AvgIpc) is 3.14. The molecule has 1 heterocycles. The molecule has 1 saturated heterocycles. The van der Waals surface area contributed by atoms with Crippen molar-refractivity contribution >= 4 is 11.6 Å². The fourth-order valence-electron chi connectivity index (χ4n) is 3.41. The van der Waals surface area contributed by atoms with E-state index in [1.54, 1.807) is 7.11 Å². The van der Waals surface area contributed by atoms with E-state index in [1.807, 2.05) is 31.2 Å². The van der Waals surface area contributed by atoms with E-state index in [0.29, 0.717) is 0 Å². The summed E-state index contributed by atoms with van der Waals surface area (Å²) in [6.45, 7) is 2.64. The number of likely N-dealkylation sites (tertiary alicyclic amines) is 1. The van der Waals surface area contributed by atoms with Crippen molar-refractivity contribution in [3.05, 3.63) is 59.7 Å². The Balaban J connectivity index is 1.71. The fourth-order valence-corrected chi connectivity index (χ4v) is 3.41. The summed E-state index contributed by atoms with van der Waals surface area (Å²) in [5.74, 6) is -1.36. The van der Waals surface area contributed by atoms with Crippen molar-refractivity contribution in [3.8, 4) is 5.75 Å². The number of ether oxygens (including phenoxy) is 1. The molecule has 3 rings (SSSR count). The SMILES string of the molecule is COc1ccc([C@H]2CCCN2[C@@H](C)C(=O)Nc2ccc(F)c(F)c2)cc1. The Labute approximate surface area is 151 Å². The van der Waals surface area contributed by atoms with Crippen molar-refractivity contribution < 1.29 is 18.3 Å². The number of benzene rings is 2. The van der Waals surface area contributed by atoms with E-state index < -0.39 is 17.7 Å². The maximum Gasteiger partial charge on any atom is 0.241 e. The molecule has 0 unspecified atom stereocenters. The molecule has 1 N–H and O–H groups in total. The van der Waals surface area contributed by atoms with Crippen LogP contribution >= 0.6 is 0 Å². The summed E-state index contributed by atoms with van der Waals surface area (Å²) in [6.07, 6.45) is 1.97. The quantitative estimate of drug-likeness (QED) is 0.871. The standard InChI is InChI=1S/C20H22F2N2O2/c1-13(20(25)23-15-7-10-17(21)18(22)12-15)24-11-3-4-19(24)14-5-8-16(26-2)9-6-14/h5-10,12-13,19H,3-4,11H2,1-2H3,(H,23,25)/t13-,19+/m0/s1. The second kappa shape index (κ2) is 7.83. The zero-order chi connectivity index (χ0) is 18.7. The number of carbonyl (C=O) groups is 1. The van der Waals surface area contributed by atoms with Gasteiger partial charge in [0.1, 0.15) is 5.75 Å². The summed E-state index contributed by atoms with van der Waals surface area (Å²) in [7, 11) is 1.63. The number of anilines is 1. The molecule has 1 amide bonds. The number of methoxy groups -OCH3 is 1. The van der Waals surface area contributed by atoms with E-state index in [1.165, 1.54) is 6.07 Å². The Morgan fingerprint density at radius 1 is 1.19 bits per heavy atom. The summed E-state index contributed by atoms with van der Waals surface area (Å²) in [5, 5.41) is 2.67. The third-order valence-electron chi connectivity index (χ3n) is 4.86. The molecule has 0 saturated carbocycles. The van der Waals surface area contributed by atoms with Crippen LogP contribution in [0, 0.1) is 11.6 Å². The van der Waals surface area contributed by atoms with E-state index in [0.717, 1.165) is 42.8 Å². The lowest BCUT2D eigenvalue weighted by Crippen LogP contribution is -2.41. The van der Waals surface area contributed by atoms with Gasteiger partial charge >= 0.3 is 0 Å². The summed E-state index contributed by atoms with van der Waals surface area (Å²) >= 11 is 0. The van der Waals surface area contributed by atoms with E-state index in [9.17, 15) is 13.6 Å². The number of halogens is 2. The number of nitrogens with one attached hydrogen (secondary N) is 1. The van der Waals surface area contributed by atoms with Crippen molar-refractivity contribution in [2.45, 2.75) is 31.8 Å². The van der Waals surface area contributed by atoms with Gasteiger partial charge in [-0.15, -0.1) is 0 Å². The molecular weight excluding hydrogens is 338 g/mol. The predicted octanol–water partition coefficient (Wildman–Crippen LogP) is 4.14. The van der Waals surface area contributed by atoms with Crippen molar-refractivity contribution in [1.29, 1.82) is 0 Å². The van der Waals surface area contributed by atoms with Gasteiger partial charge in [-0.1, -0.05) is 12.1 Å². The van der Waals surface area contributed by atoms with Crippen LogP contribution < -0.4 is 10.1 Å². The third kappa shape index (κ3) is 3.85. The molecule has 0 spiro atoms. The van der Waals surface area contributed by atoms with Crippen LogP contribution in [0.4, 0.5) is 14.5 Å². The van der Waals surface area contributed by atoms with Crippen molar-refractivity contribution in [3.63, 3.8) is 0 Å². The summed E-state index contributed by atoms with van der Waals surface area (Å²) in [5.41, 5.74) is 1.39. The maximum absolute atomic E-state index is 13.3. The van der Waals surface area contributed by atoms with Crippen LogP contribution in [0.2, 0.25) is 0 Å². The maximum atomic E-state index is 13.3. The molecule has 2 aromatic rings. The van der Waals surface area contributed by atoms with Gasteiger partial charge in [-0.3, -0.25) is 9.69 Å². The molecule has 2 atom stereocenters. The largest absolute Gasteiger partial charge is 0.497 e. The minimum Gasteiger partial charge on any atom is -0.497 e. The number of rotatable bonds is 5. The molecule has 26 heavy (non-hydrogen) atoms. The second-order valence-corrected chi connectivity index (χ2v) is 6.46. The first kappa shape index (κ1) is 18.3. The molecule has 1 aliphatic heterocycles. The summed E-state index contributed by atoms with van der Waals surface area (Å²) in [6, 6.07) is 11.0. The topological polar surface area (TPSA) is 41.6 Å². The van der Waals surface area contributed by atoms with Gasteiger partial charge in [-0.2, -0.15) is 0 Å². The number of amides is 1. The zero-order valence-electron chi connectivity index (χ0n) is 14.8. The van der Waals surface area contributed by atoms with Gasteiger partial charge in [0.15, 0.2) is 11.6 Å². The first-order chi connectivity index (χ1) is 12.5. The Morgan fingerprint density at radius 3 is 2.58 bits per heavy atom. The highest BCUT2D eigenvalue weighted by atomic mass is 19.2. The van der Waals surface area contributed by atoms with Crippen LogP contribution in [0.3, 0.4) is 0 Å². The Morgan fingerprint density at radius 2 is 1.92 bits per heavy atom. The van der Waals surface area contributed by atoms with Crippen LogP contribution in [0.25, 0.3) is 0 Å². The second-order valence-electron chi connectivity index (χ2n) is 6.46. The molecular formula is C20H22F2N2O2. The minimum atomic E-state index is -0.979. The Hall–Kier alpha value is -2.47. The van der Waals surface area contributed by atoms with Gasteiger partial charge in [-0.05, 0) is 56.1 Å². The lowest BCUT2D eigenvalue weighted by Gasteiger charge is -2.30. The van der Waals surface area contributed by atoms with Gasteiger partial charge in [0, 0.05) is 17.8 Å². The normalized spacial score (nSPS) is 18.5. The lowest BCUT2D eigenvalue weighted by atomic mass is 10.0. The van der Waals surface area contributed by atoms with Crippen molar-refractivity contribution in [2.24, 2.45) is 0 Å². The van der Waals surface area contributed by atoms with E-state index >= 15 is 0 Å². The molecule has 6 heteroatoms. The van der Waals surface area contributed by atoms with Crippen LogP contribution in [-0.4, -0.2) is 30.5 Å². The number of nitrogens with zero attached hydrogens (tertiary/aromatic N) is 1. The molecule has 4 nitrogen and oxygen atoms in total. The molecule has 0 aromatic heterocycles. The van der Waals surface area contributed by atoms with E-state index in [-0.39, 0.29) is 17.6 Å². The van der Waals surface area contributed by atoms with Crippen LogP contribution in [0.5, 0.6) is 5.75 Å². The first-order valence-corrected chi connectivity index (χ1v) is 8.65. The summed E-state index contributed by atoms with van der Waals surface area (Å²) in [4.78, 5) is 14.7. The van der Waals surface area contributed by atoms with Crippen molar-refractivity contribution in [1.82, 2.24) is 4.90 Å². The minimum absolute atomic E-state index is 0.145. The van der Waals surface area contributed by atoms with Gasteiger partial charge < -0.3 is 10.1 Å².